The number of benzene rings is 2. The molecule has 0 aromatic heterocycles. The van der Waals surface area contributed by atoms with Gasteiger partial charge in [-0.1, -0.05) is 11.6 Å². The van der Waals surface area contributed by atoms with Gasteiger partial charge in [-0.2, -0.15) is 0 Å². The van der Waals surface area contributed by atoms with Gasteiger partial charge in [0.25, 0.3) is 5.91 Å². The van der Waals surface area contributed by atoms with Gasteiger partial charge in [0.2, 0.25) is 0 Å². The first-order chi connectivity index (χ1) is 15.5. The molecule has 2 aromatic carbocycles. The van der Waals surface area contributed by atoms with Crippen molar-refractivity contribution in [1.29, 1.82) is 0 Å². The summed E-state index contributed by atoms with van der Waals surface area (Å²) < 4.78 is 66.8. The van der Waals surface area contributed by atoms with Crippen LogP contribution >= 0.6 is 11.6 Å². The average Bonchev–Trinajstić information content (AvgIpc) is 2.93. The predicted octanol–water partition coefficient (Wildman–Crippen LogP) is 3.66. The Hall–Kier alpha value is -2.14. The number of nitrogens with one attached hydrogen (secondary N) is 1. The van der Waals surface area contributed by atoms with Gasteiger partial charge in [0.1, 0.15) is 0 Å². The number of carbonyl (C=O) groups excluding carboxylic acids is 1. The Bertz CT molecular complexity index is 1190. The zero-order chi connectivity index (χ0) is 24.1. The molecule has 2 aliphatic rings. The largest absolute Gasteiger partial charge is 0.388 e. The van der Waals surface area contributed by atoms with Crippen LogP contribution in [-0.2, 0) is 9.84 Å². The Morgan fingerprint density at radius 1 is 1.12 bits per heavy atom. The lowest BCUT2D eigenvalue weighted by molar-refractivity contribution is -0.0498. The molecule has 2 fully saturated rings. The monoisotopic (exact) mass is 502 g/mol. The standard InChI is InChI=1S/C22H22ClF3N2O4S/c23-16-4-1-11(21(29)28-14-8-17(24)20(26)18(25)9-14)5-19(16)33(31,32)15-6-12-2-3-13(7-15)22(12,30)10-27/h1,4-5,8-9,12-13,15,30H,2-3,6-7,10,27H2,(H,28,29). The van der Waals surface area contributed by atoms with E-state index in [1.54, 1.807) is 0 Å². The molecule has 0 aliphatic heterocycles. The normalized spacial score (nSPS) is 26.9. The quantitative estimate of drug-likeness (QED) is 0.541. The smallest absolute Gasteiger partial charge is 0.255 e. The molecule has 4 N–H and O–H groups in total. The number of fused-ring (bicyclic) bond motifs is 2. The Morgan fingerprint density at radius 3 is 2.24 bits per heavy atom. The van der Waals surface area contributed by atoms with Crippen molar-refractivity contribution in [2.24, 2.45) is 17.6 Å². The van der Waals surface area contributed by atoms with E-state index in [1.165, 1.54) is 12.1 Å². The fourth-order valence-electron chi connectivity index (χ4n) is 5.07. The number of hydrogen-bond acceptors (Lipinski definition) is 5. The lowest BCUT2D eigenvalue weighted by Crippen LogP contribution is -2.52. The minimum atomic E-state index is -3.96. The van der Waals surface area contributed by atoms with Crippen molar-refractivity contribution in [1.82, 2.24) is 0 Å². The van der Waals surface area contributed by atoms with Gasteiger partial charge in [0.05, 0.1) is 20.8 Å². The molecule has 11 heteroatoms. The summed E-state index contributed by atoms with van der Waals surface area (Å²) in [4.78, 5) is 12.4. The van der Waals surface area contributed by atoms with Crippen LogP contribution in [0.4, 0.5) is 18.9 Å². The van der Waals surface area contributed by atoms with Crippen molar-refractivity contribution < 1.29 is 31.5 Å². The number of nitrogens with two attached hydrogens (primary N) is 1. The maximum atomic E-state index is 13.4. The van der Waals surface area contributed by atoms with Gasteiger partial charge in [-0.25, -0.2) is 21.6 Å². The van der Waals surface area contributed by atoms with E-state index in [9.17, 15) is 31.5 Å². The van der Waals surface area contributed by atoms with Gasteiger partial charge in [0.15, 0.2) is 27.3 Å². The number of rotatable bonds is 5. The second-order valence-electron chi connectivity index (χ2n) is 8.66. The van der Waals surface area contributed by atoms with Gasteiger partial charge in [0, 0.05) is 29.9 Å². The summed E-state index contributed by atoms with van der Waals surface area (Å²) in [5.74, 6) is -5.96. The van der Waals surface area contributed by atoms with Gasteiger partial charge >= 0.3 is 0 Å². The van der Waals surface area contributed by atoms with Crippen LogP contribution in [0.15, 0.2) is 35.2 Å². The predicted molar refractivity (Wildman–Crippen MR) is 116 cm³/mol. The topological polar surface area (TPSA) is 109 Å². The number of hydrogen-bond donors (Lipinski definition) is 3. The Morgan fingerprint density at radius 2 is 1.70 bits per heavy atom. The first-order valence-corrected chi connectivity index (χ1v) is 12.3. The van der Waals surface area contributed by atoms with Crippen LogP contribution in [0, 0.1) is 29.3 Å². The first-order valence-electron chi connectivity index (χ1n) is 10.4. The van der Waals surface area contributed by atoms with Crippen LogP contribution in [0.5, 0.6) is 0 Å². The van der Waals surface area contributed by atoms with E-state index < -0.39 is 44.0 Å². The molecular formula is C22H22ClF3N2O4S. The van der Waals surface area contributed by atoms with E-state index in [0.717, 1.165) is 6.07 Å². The molecule has 6 nitrogen and oxygen atoms in total. The maximum Gasteiger partial charge on any atom is 0.255 e. The second-order valence-corrected chi connectivity index (χ2v) is 11.3. The van der Waals surface area contributed by atoms with Crippen molar-refractivity contribution in [2.45, 2.75) is 41.4 Å². The molecule has 2 atom stereocenters. The zero-order valence-corrected chi connectivity index (χ0v) is 18.9. The Labute approximate surface area is 193 Å². The second kappa shape index (κ2) is 8.57. The third-order valence-electron chi connectivity index (χ3n) is 6.88. The molecule has 2 bridgehead atoms. The van der Waals surface area contributed by atoms with E-state index in [0.29, 0.717) is 25.0 Å². The maximum absolute atomic E-state index is 13.4. The van der Waals surface area contributed by atoms with Gasteiger partial charge in [-0.15, -0.1) is 0 Å². The minimum Gasteiger partial charge on any atom is -0.388 e. The SMILES string of the molecule is NCC1(O)C2CCC1CC(S(=O)(=O)c1cc(C(=O)Nc3cc(F)c(F)c(F)c3)ccc1Cl)C2. The highest BCUT2D eigenvalue weighted by Crippen LogP contribution is 2.51. The molecule has 0 spiro atoms. The molecule has 1 amide bonds. The third kappa shape index (κ3) is 4.14. The van der Waals surface area contributed by atoms with Crippen LogP contribution in [0.3, 0.4) is 0 Å². The van der Waals surface area contributed by atoms with Crippen LogP contribution in [0.25, 0.3) is 0 Å². The number of anilines is 1. The lowest BCUT2D eigenvalue weighted by atomic mass is 9.74. The summed E-state index contributed by atoms with van der Waals surface area (Å²) in [5.41, 5.74) is 4.24. The van der Waals surface area contributed by atoms with Crippen molar-refractivity contribution >= 4 is 33.0 Å². The highest BCUT2D eigenvalue weighted by molar-refractivity contribution is 7.92. The van der Waals surface area contributed by atoms with E-state index in [4.69, 9.17) is 17.3 Å². The molecule has 2 unspecified atom stereocenters. The highest BCUT2D eigenvalue weighted by atomic mass is 35.5. The van der Waals surface area contributed by atoms with E-state index >= 15 is 0 Å². The lowest BCUT2D eigenvalue weighted by Gasteiger charge is -2.41. The Balaban J connectivity index is 1.60. The summed E-state index contributed by atoms with van der Waals surface area (Å²) in [7, 11) is -3.96. The Kier molecular flexibility index (Phi) is 6.24. The minimum absolute atomic E-state index is 0.0656. The average molecular weight is 503 g/mol. The molecule has 2 saturated carbocycles. The highest BCUT2D eigenvalue weighted by Gasteiger charge is 2.55. The van der Waals surface area contributed by atoms with E-state index in [2.05, 4.69) is 5.32 Å². The van der Waals surface area contributed by atoms with Crippen molar-refractivity contribution in [3.8, 4) is 0 Å². The van der Waals surface area contributed by atoms with Crippen molar-refractivity contribution in [3.63, 3.8) is 0 Å². The molecule has 178 valence electrons. The van der Waals surface area contributed by atoms with Crippen LogP contribution in [-0.4, -0.2) is 36.8 Å². The fourth-order valence-corrected chi connectivity index (χ4v) is 7.47. The molecular weight excluding hydrogens is 481 g/mol. The first kappa shape index (κ1) is 24.0. The summed E-state index contributed by atoms with van der Waals surface area (Å²) in [5, 5.41) is 12.2. The molecule has 0 heterocycles. The van der Waals surface area contributed by atoms with E-state index in [-0.39, 0.29) is 52.4 Å². The van der Waals surface area contributed by atoms with E-state index in [1.807, 2.05) is 0 Å². The molecule has 0 saturated heterocycles. The fraction of sp³-hybridized carbons (Fsp3) is 0.409. The van der Waals surface area contributed by atoms with Crippen molar-refractivity contribution in [2.75, 3.05) is 11.9 Å². The molecule has 2 aromatic rings. The molecule has 33 heavy (non-hydrogen) atoms. The number of aliphatic hydroxyl groups is 1. The molecule has 2 aliphatic carbocycles. The zero-order valence-electron chi connectivity index (χ0n) is 17.3. The summed E-state index contributed by atoms with van der Waals surface area (Å²) in [6, 6.07) is 4.85. The van der Waals surface area contributed by atoms with Gasteiger partial charge in [-0.3, -0.25) is 4.79 Å². The molecule has 4 rings (SSSR count). The number of carbonyl (C=O) groups is 1. The summed E-state index contributed by atoms with van der Waals surface area (Å²) >= 11 is 6.17. The van der Waals surface area contributed by atoms with Crippen molar-refractivity contribution in [3.05, 3.63) is 58.4 Å². The summed E-state index contributed by atoms with van der Waals surface area (Å²) in [6.07, 6.45) is 1.83. The van der Waals surface area contributed by atoms with Gasteiger partial charge < -0.3 is 16.2 Å². The number of amides is 1. The van der Waals surface area contributed by atoms with Crippen LogP contribution in [0.1, 0.15) is 36.0 Å². The van der Waals surface area contributed by atoms with Crippen LogP contribution < -0.4 is 11.1 Å². The van der Waals surface area contributed by atoms with Gasteiger partial charge in [-0.05, 0) is 55.7 Å². The third-order valence-corrected chi connectivity index (χ3v) is 9.53. The van der Waals surface area contributed by atoms with Crippen LogP contribution in [0.2, 0.25) is 5.02 Å². The number of sulfone groups is 1. The summed E-state index contributed by atoms with van der Waals surface area (Å²) in [6.45, 7) is 0.0656. The molecule has 0 radical (unpaired) electrons. The number of halogens is 4.